The minimum atomic E-state index is -8.72. The molecule has 1 aromatic carbocycles. The van der Waals surface area contributed by atoms with Crippen LogP contribution in [0.5, 0.6) is 5.75 Å². The van der Waals surface area contributed by atoms with Gasteiger partial charge in [0.25, 0.3) is 0 Å². The Hall–Kier alpha value is -2.50. The molecule has 0 bridgehead atoms. The van der Waals surface area contributed by atoms with E-state index in [4.69, 9.17) is 0 Å². The lowest BCUT2D eigenvalue weighted by atomic mass is 9.86. The lowest BCUT2D eigenvalue weighted by molar-refractivity contribution is -0.462. The molecule has 0 aliphatic rings. The zero-order valence-electron chi connectivity index (χ0n) is 16.0. The van der Waals surface area contributed by atoms with Crippen LogP contribution in [0.3, 0.4) is 0 Å². The quantitative estimate of drug-likeness (QED) is 0.278. The highest BCUT2D eigenvalue weighted by Gasteiger charge is 2.95. The number of rotatable bonds is 8. The molecule has 0 atom stereocenters. The fourth-order valence-electron chi connectivity index (χ4n) is 2.42. The lowest BCUT2D eigenvalue weighted by Gasteiger charge is -2.42. The Morgan fingerprint density at radius 1 is 0.600 bits per heavy atom. The van der Waals surface area contributed by atoms with E-state index in [1.807, 2.05) is 0 Å². The largest absolute Gasteiger partial charge is 0.507 e. The van der Waals surface area contributed by atoms with Gasteiger partial charge >= 0.3 is 47.6 Å². The number of phenolic OH excluding ortho intramolecular Hbond substituents is 1. The van der Waals surface area contributed by atoms with E-state index in [1.165, 1.54) is 0 Å². The number of aromatic hydroxyl groups is 1. The number of alkyl halides is 17. The predicted octanol–water partition coefficient (Wildman–Crippen LogP) is 6.98. The minimum absolute atomic E-state index is 0.352. The number of carbonyl (C=O) groups is 1. The standard InChI is InChI=1S/C16H7F17O2/c1-5-2-7(3-6(4-34)8(5)35)9(17,18)10(19,20)11(21,22)12(23,24)13(25,26)14(27,28)15(29,30)16(31,32)33/h2-4,35H,1H3. The van der Waals surface area contributed by atoms with E-state index < -0.39 is 82.4 Å². The molecule has 0 spiro atoms. The summed E-state index contributed by atoms with van der Waals surface area (Å²) in [5.41, 5.74) is -4.92. The molecule has 1 aromatic rings. The SMILES string of the molecule is Cc1cc(C(F)(F)C(F)(F)C(F)(F)C(F)(F)C(F)(F)C(F)(F)C(F)(F)C(F)(F)F)cc(C=O)c1O. The summed E-state index contributed by atoms with van der Waals surface area (Å²) in [5, 5.41) is 9.34. The zero-order valence-corrected chi connectivity index (χ0v) is 16.0. The van der Waals surface area contributed by atoms with Crippen molar-refractivity contribution >= 4 is 6.29 Å². The van der Waals surface area contributed by atoms with Gasteiger partial charge in [-0.2, -0.15) is 74.6 Å². The molecule has 0 radical (unpaired) electrons. The first-order valence-corrected chi connectivity index (χ1v) is 8.12. The molecule has 0 amide bonds. The van der Waals surface area contributed by atoms with Crippen molar-refractivity contribution < 1.29 is 84.5 Å². The van der Waals surface area contributed by atoms with Gasteiger partial charge in [0.1, 0.15) is 5.75 Å². The van der Waals surface area contributed by atoms with Crippen LogP contribution < -0.4 is 0 Å². The second kappa shape index (κ2) is 8.01. The maximum Gasteiger partial charge on any atom is 0.460 e. The van der Waals surface area contributed by atoms with Gasteiger partial charge in [-0.25, -0.2) is 0 Å². The number of phenols is 1. The lowest BCUT2D eigenvalue weighted by Crippen LogP contribution is -2.74. The number of benzene rings is 1. The number of carbonyl (C=O) groups excluding carboxylic acids is 1. The van der Waals surface area contributed by atoms with Crippen molar-refractivity contribution in [1.29, 1.82) is 0 Å². The Bertz CT molecular complexity index is 977. The first kappa shape index (κ1) is 30.5. The van der Waals surface area contributed by atoms with Crippen molar-refractivity contribution in [2.24, 2.45) is 0 Å². The molecule has 1 rings (SSSR count). The summed E-state index contributed by atoms with van der Waals surface area (Å²) in [6.07, 6.45) is -8.38. The first-order chi connectivity index (χ1) is 15.1. The number of halogens is 17. The molecule has 0 unspecified atom stereocenters. The van der Waals surface area contributed by atoms with Crippen LogP contribution in [0.2, 0.25) is 0 Å². The molecule has 2 nitrogen and oxygen atoms in total. The third kappa shape index (κ3) is 3.84. The van der Waals surface area contributed by atoms with Gasteiger partial charge in [-0.05, 0) is 24.6 Å². The maximum absolute atomic E-state index is 14.2. The smallest absolute Gasteiger partial charge is 0.460 e. The Morgan fingerprint density at radius 3 is 1.29 bits per heavy atom. The Morgan fingerprint density at radius 2 is 0.943 bits per heavy atom. The summed E-state index contributed by atoms with van der Waals surface area (Å²) in [5.74, 6) is -58.6. The molecule has 0 heterocycles. The highest BCUT2D eigenvalue weighted by Crippen LogP contribution is 2.65. The van der Waals surface area contributed by atoms with Gasteiger partial charge in [-0.1, -0.05) is 0 Å². The third-order valence-electron chi connectivity index (χ3n) is 4.54. The molecule has 35 heavy (non-hydrogen) atoms. The Balaban J connectivity index is 3.82. The molecule has 202 valence electrons. The molecular formula is C16H7F17O2. The molecule has 1 N–H and O–H groups in total. The average Bonchev–Trinajstić information content (AvgIpc) is 2.67. The third-order valence-corrected chi connectivity index (χ3v) is 4.54. The second-order valence-corrected chi connectivity index (χ2v) is 6.87. The summed E-state index contributed by atoms with van der Waals surface area (Å²) in [7, 11) is 0. The summed E-state index contributed by atoms with van der Waals surface area (Å²) in [6, 6.07) is -0.878. The molecule has 0 saturated carbocycles. The van der Waals surface area contributed by atoms with Crippen LogP contribution in [-0.4, -0.2) is 53.1 Å². The molecule has 0 aliphatic carbocycles. The monoisotopic (exact) mass is 554 g/mol. The first-order valence-electron chi connectivity index (χ1n) is 8.12. The fourth-order valence-corrected chi connectivity index (χ4v) is 2.42. The average molecular weight is 554 g/mol. The number of aldehydes is 1. The summed E-state index contributed by atoms with van der Waals surface area (Å²) >= 11 is 0. The van der Waals surface area contributed by atoms with Crippen molar-refractivity contribution in [3.05, 3.63) is 28.8 Å². The van der Waals surface area contributed by atoms with Gasteiger partial charge < -0.3 is 5.11 Å². The van der Waals surface area contributed by atoms with E-state index in [1.54, 1.807) is 0 Å². The van der Waals surface area contributed by atoms with Crippen LogP contribution in [0.4, 0.5) is 74.6 Å². The topological polar surface area (TPSA) is 37.3 Å². The predicted molar refractivity (Wildman–Crippen MR) is 77.9 cm³/mol. The number of aryl methyl sites for hydroxylation is 1. The van der Waals surface area contributed by atoms with Gasteiger partial charge in [0.2, 0.25) is 0 Å². The van der Waals surface area contributed by atoms with E-state index in [2.05, 4.69) is 0 Å². The highest BCUT2D eigenvalue weighted by atomic mass is 19.4. The van der Waals surface area contributed by atoms with Crippen molar-refractivity contribution in [2.45, 2.75) is 54.6 Å². The van der Waals surface area contributed by atoms with E-state index in [-0.39, 0.29) is 6.07 Å². The molecular weight excluding hydrogens is 547 g/mol. The van der Waals surface area contributed by atoms with Crippen molar-refractivity contribution in [1.82, 2.24) is 0 Å². The highest BCUT2D eigenvalue weighted by molar-refractivity contribution is 5.80. The van der Waals surface area contributed by atoms with Crippen LogP contribution in [0, 0.1) is 6.92 Å². The normalized spacial score (nSPS) is 15.4. The molecule has 0 aliphatic heterocycles. The van der Waals surface area contributed by atoms with Crippen LogP contribution >= 0.6 is 0 Å². The van der Waals surface area contributed by atoms with Gasteiger partial charge in [-0.3, -0.25) is 4.79 Å². The van der Waals surface area contributed by atoms with Gasteiger partial charge in [0.15, 0.2) is 6.29 Å². The van der Waals surface area contributed by atoms with Crippen molar-refractivity contribution in [3.63, 3.8) is 0 Å². The van der Waals surface area contributed by atoms with E-state index in [9.17, 15) is 84.5 Å². The molecule has 0 saturated heterocycles. The van der Waals surface area contributed by atoms with Crippen molar-refractivity contribution in [3.8, 4) is 5.75 Å². The molecule has 19 heteroatoms. The van der Waals surface area contributed by atoms with E-state index in [0.29, 0.717) is 6.92 Å². The molecule has 0 fully saturated rings. The van der Waals surface area contributed by atoms with Crippen LogP contribution in [0.25, 0.3) is 0 Å². The number of hydrogen-bond acceptors (Lipinski definition) is 2. The fraction of sp³-hybridized carbons (Fsp3) is 0.562. The second-order valence-electron chi connectivity index (χ2n) is 6.87. The number of hydrogen-bond donors (Lipinski definition) is 1. The minimum Gasteiger partial charge on any atom is -0.507 e. The van der Waals surface area contributed by atoms with E-state index >= 15 is 0 Å². The Labute approximate surface area is 181 Å². The summed E-state index contributed by atoms with van der Waals surface area (Å²) in [4.78, 5) is 10.7. The van der Waals surface area contributed by atoms with Gasteiger partial charge in [-0.15, -0.1) is 0 Å². The van der Waals surface area contributed by atoms with Gasteiger partial charge in [0, 0.05) is 5.56 Å². The summed E-state index contributed by atoms with van der Waals surface area (Å²) < 4.78 is 226. The molecule has 0 aromatic heterocycles. The van der Waals surface area contributed by atoms with Crippen LogP contribution in [0.1, 0.15) is 21.5 Å². The van der Waals surface area contributed by atoms with Crippen LogP contribution in [0.15, 0.2) is 12.1 Å². The van der Waals surface area contributed by atoms with E-state index in [0.717, 1.165) is 0 Å². The van der Waals surface area contributed by atoms with Crippen molar-refractivity contribution in [2.75, 3.05) is 0 Å². The Kier molecular flexibility index (Phi) is 6.98. The zero-order chi connectivity index (χ0) is 28.4. The maximum atomic E-state index is 14.2. The summed E-state index contributed by atoms with van der Waals surface area (Å²) in [6.45, 7) is 0.556. The van der Waals surface area contributed by atoms with Crippen LogP contribution in [-0.2, 0) is 5.92 Å². The van der Waals surface area contributed by atoms with Gasteiger partial charge in [0.05, 0.1) is 5.56 Å².